The summed E-state index contributed by atoms with van der Waals surface area (Å²) in [6, 6.07) is 8.22. The lowest BCUT2D eigenvalue weighted by Crippen LogP contribution is -2.32. The Morgan fingerprint density at radius 2 is 2.00 bits per heavy atom. The van der Waals surface area contributed by atoms with Crippen molar-refractivity contribution in [1.82, 2.24) is 5.32 Å². The van der Waals surface area contributed by atoms with Gasteiger partial charge >= 0.3 is 0 Å². The minimum atomic E-state index is -0.0307. The first-order valence-electron chi connectivity index (χ1n) is 5.92. The fourth-order valence-electron chi connectivity index (χ4n) is 2.38. The third kappa shape index (κ3) is 2.76. The molecular weight excluding hydrogens is 222 g/mol. The summed E-state index contributed by atoms with van der Waals surface area (Å²) in [6.45, 7) is 0.0975. The molecule has 2 rings (SSSR count). The third-order valence-corrected chi connectivity index (χ3v) is 3.60. The Morgan fingerprint density at radius 1 is 1.31 bits per heavy atom. The molecule has 3 heteroatoms. The van der Waals surface area contributed by atoms with E-state index in [-0.39, 0.29) is 12.6 Å². The summed E-state index contributed by atoms with van der Waals surface area (Å²) in [6.07, 6.45) is 5.00. The molecule has 1 aromatic rings. The maximum Gasteiger partial charge on any atom is 0.0627 e. The summed E-state index contributed by atoms with van der Waals surface area (Å²) in [4.78, 5) is 0. The Bertz CT molecular complexity index is 336. The Labute approximate surface area is 102 Å². The minimum absolute atomic E-state index is 0.0307. The van der Waals surface area contributed by atoms with Gasteiger partial charge < -0.3 is 10.4 Å². The van der Waals surface area contributed by atoms with Crippen LogP contribution in [0.5, 0.6) is 0 Å². The van der Waals surface area contributed by atoms with Gasteiger partial charge in [0.05, 0.1) is 12.6 Å². The molecule has 1 saturated carbocycles. The van der Waals surface area contributed by atoms with Crippen LogP contribution in [0.15, 0.2) is 24.3 Å². The van der Waals surface area contributed by atoms with Crippen LogP contribution in [-0.2, 0) is 0 Å². The summed E-state index contributed by atoms with van der Waals surface area (Å²) in [7, 11) is 0. The second-order valence-electron chi connectivity index (χ2n) is 4.40. The van der Waals surface area contributed by atoms with Crippen molar-refractivity contribution >= 4 is 11.6 Å². The zero-order chi connectivity index (χ0) is 11.4. The van der Waals surface area contributed by atoms with Crippen molar-refractivity contribution in [2.75, 3.05) is 6.61 Å². The molecule has 1 fully saturated rings. The van der Waals surface area contributed by atoms with Crippen molar-refractivity contribution in [1.29, 1.82) is 0 Å². The molecule has 0 spiro atoms. The van der Waals surface area contributed by atoms with E-state index in [4.69, 9.17) is 11.6 Å². The van der Waals surface area contributed by atoms with Crippen molar-refractivity contribution in [2.24, 2.45) is 0 Å². The zero-order valence-electron chi connectivity index (χ0n) is 9.32. The number of aliphatic hydroxyl groups is 1. The Morgan fingerprint density at radius 3 is 2.62 bits per heavy atom. The molecule has 2 N–H and O–H groups in total. The average molecular weight is 240 g/mol. The quantitative estimate of drug-likeness (QED) is 0.847. The van der Waals surface area contributed by atoms with E-state index in [2.05, 4.69) is 5.32 Å². The molecule has 88 valence electrons. The molecule has 0 radical (unpaired) electrons. The number of benzene rings is 1. The van der Waals surface area contributed by atoms with Gasteiger partial charge in [0.1, 0.15) is 0 Å². The predicted octanol–water partition coefficient (Wildman–Crippen LogP) is 2.91. The van der Waals surface area contributed by atoms with Crippen molar-refractivity contribution < 1.29 is 5.11 Å². The van der Waals surface area contributed by atoms with Crippen LogP contribution in [0.1, 0.15) is 37.3 Å². The van der Waals surface area contributed by atoms with Crippen LogP contribution >= 0.6 is 11.6 Å². The highest BCUT2D eigenvalue weighted by atomic mass is 35.5. The summed E-state index contributed by atoms with van der Waals surface area (Å²) in [5.41, 5.74) is 0.999. The maximum absolute atomic E-state index is 9.44. The number of hydrogen-bond donors (Lipinski definition) is 2. The first-order chi connectivity index (χ1) is 7.81. The van der Waals surface area contributed by atoms with Gasteiger partial charge in [-0.25, -0.2) is 0 Å². The molecule has 2 nitrogen and oxygen atoms in total. The zero-order valence-corrected chi connectivity index (χ0v) is 10.1. The predicted molar refractivity (Wildman–Crippen MR) is 66.7 cm³/mol. The second-order valence-corrected chi connectivity index (χ2v) is 4.81. The fraction of sp³-hybridized carbons (Fsp3) is 0.538. The van der Waals surface area contributed by atoms with E-state index in [0.29, 0.717) is 6.04 Å². The van der Waals surface area contributed by atoms with Gasteiger partial charge in [-0.1, -0.05) is 42.6 Å². The fourth-order valence-corrected chi connectivity index (χ4v) is 2.64. The lowest BCUT2D eigenvalue weighted by molar-refractivity contribution is 0.233. The molecule has 1 unspecified atom stereocenters. The lowest BCUT2D eigenvalue weighted by Gasteiger charge is -2.22. The molecule has 16 heavy (non-hydrogen) atoms. The van der Waals surface area contributed by atoms with Crippen LogP contribution in [0, 0.1) is 0 Å². The van der Waals surface area contributed by atoms with E-state index in [0.717, 1.165) is 10.6 Å². The van der Waals surface area contributed by atoms with E-state index in [1.807, 2.05) is 24.3 Å². The molecule has 1 aliphatic carbocycles. The smallest absolute Gasteiger partial charge is 0.0627 e. The van der Waals surface area contributed by atoms with Gasteiger partial charge in [0.15, 0.2) is 0 Å². The monoisotopic (exact) mass is 239 g/mol. The van der Waals surface area contributed by atoms with Crippen LogP contribution in [0.4, 0.5) is 0 Å². The second kappa shape index (κ2) is 5.67. The number of nitrogens with one attached hydrogen (secondary N) is 1. The van der Waals surface area contributed by atoms with Gasteiger partial charge in [-0.2, -0.15) is 0 Å². The van der Waals surface area contributed by atoms with Crippen LogP contribution in [-0.4, -0.2) is 17.8 Å². The van der Waals surface area contributed by atoms with Crippen molar-refractivity contribution in [2.45, 2.75) is 37.8 Å². The summed E-state index contributed by atoms with van der Waals surface area (Å²) < 4.78 is 0. The van der Waals surface area contributed by atoms with Crippen molar-refractivity contribution in [3.63, 3.8) is 0 Å². The standard InChI is InChI=1S/C13H18ClNO/c14-12-8-4-3-7-11(12)13(9-16)15-10-5-1-2-6-10/h3-4,7-8,10,13,15-16H,1-2,5-6,9H2. The molecule has 0 aliphatic heterocycles. The normalized spacial score (nSPS) is 18.9. The highest BCUT2D eigenvalue weighted by Gasteiger charge is 2.20. The van der Waals surface area contributed by atoms with Gasteiger partial charge in [0.25, 0.3) is 0 Å². The third-order valence-electron chi connectivity index (χ3n) is 3.26. The van der Waals surface area contributed by atoms with Gasteiger partial charge in [-0.3, -0.25) is 0 Å². The molecule has 1 aromatic carbocycles. The summed E-state index contributed by atoms with van der Waals surface area (Å²) in [5, 5.41) is 13.7. The Hall–Kier alpha value is -0.570. The SMILES string of the molecule is OCC(NC1CCCC1)c1ccccc1Cl. The molecular formula is C13H18ClNO. The largest absolute Gasteiger partial charge is 0.394 e. The molecule has 1 atom stereocenters. The number of aliphatic hydroxyl groups excluding tert-OH is 1. The molecule has 0 heterocycles. The van der Waals surface area contributed by atoms with Crippen LogP contribution < -0.4 is 5.32 Å². The average Bonchev–Trinajstić information content (AvgIpc) is 2.80. The van der Waals surface area contributed by atoms with E-state index in [1.54, 1.807) is 0 Å². The molecule has 0 saturated heterocycles. The Kier molecular flexibility index (Phi) is 4.22. The van der Waals surface area contributed by atoms with Crippen molar-refractivity contribution in [3.05, 3.63) is 34.9 Å². The first kappa shape index (κ1) is 11.9. The molecule has 1 aliphatic rings. The highest BCUT2D eigenvalue weighted by molar-refractivity contribution is 6.31. The summed E-state index contributed by atoms with van der Waals surface area (Å²) >= 11 is 6.13. The van der Waals surface area contributed by atoms with E-state index >= 15 is 0 Å². The van der Waals surface area contributed by atoms with Gasteiger partial charge in [-0.05, 0) is 24.5 Å². The van der Waals surface area contributed by atoms with Gasteiger partial charge in [0, 0.05) is 11.1 Å². The van der Waals surface area contributed by atoms with Gasteiger partial charge in [0.2, 0.25) is 0 Å². The number of halogens is 1. The minimum Gasteiger partial charge on any atom is -0.394 e. The van der Waals surface area contributed by atoms with Crippen LogP contribution in [0.2, 0.25) is 5.02 Å². The van der Waals surface area contributed by atoms with Gasteiger partial charge in [-0.15, -0.1) is 0 Å². The number of rotatable bonds is 4. The Balaban J connectivity index is 2.06. The molecule has 0 bridgehead atoms. The topological polar surface area (TPSA) is 32.3 Å². The number of hydrogen-bond acceptors (Lipinski definition) is 2. The van der Waals surface area contributed by atoms with E-state index < -0.39 is 0 Å². The van der Waals surface area contributed by atoms with E-state index in [9.17, 15) is 5.11 Å². The van der Waals surface area contributed by atoms with Crippen LogP contribution in [0.3, 0.4) is 0 Å². The molecule has 0 amide bonds. The highest BCUT2D eigenvalue weighted by Crippen LogP contribution is 2.26. The summed E-state index contributed by atoms with van der Waals surface area (Å²) in [5.74, 6) is 0. The molecule has 0 aromatic heterocycles. The van der Waals surface area contributed by atoms with Crippen molar-refractivity contribution in [3.8, 4) is 0 Å². The lowest BCUT2D eigenvalue weighted by atomic mass is 10.1. The van der Waals surface area contributed by atoms with E-state index in [1.165, 1.54) is 25.7 Å². The maximum atomic E-state index is 9.44. The first-order valence-corrected chi connectivity index (χ1v) is 6.30. The van der Waals surface area contributed by atoms with Crippen LogP contribution in [0.25, 0.3) is 0 Å².